The van der Waals surface area contributed by atoms with Crippen LogP contribution in [0.3, 0.4) is 0 Å². The third-order valence-electron chi connectivity index (χ3n) is 6.78. The number of rotatable bonds is 9. The number of carbonyl (C=O) groups is 2. The number of aliphatic carboxylic acids is 1. The highest BCUT2D eigenvalue weighted by Crippen LogP contribution is 2.31. The number of hydrogen-bond acceptors (Lipinski definition) is 4. The van der Waals surface area contributed by atoms with Crippen LogP contribution in [0.2, 0.25) is 10.0 Å². The summed E-state index contributed by atoms with van der Waals surface area (Å²) in [5.74, 6) is -1.58. The second-order valence-electron chi connectivity index (χ2n) is 9.15. The number of aliphatic hydroxyl groups excluding tert-OH is 1. The molecule has 2 N–H and O–H groups in total. The van der Waals surface area contributed by atoms with Crippen molar-refractivity contribution in [2.45, 2.75) is 44.6 Å². The minimum absolute atomic E-state index is 0.171. The van der Waals surface area contributed by atoms with Gasteiger partial charge in [-0.25, -0.2) is 4.98 Å². The summed E-state index contributed by atoms with van der Waals surface area (Å²) in [5, 5.41) is 21.5. The molecule has 2 atom stereocenters. The van der Waals surface area contributed by atoms with Crippen LogP contribution < -0.4 is 0 Å². The number of aromatic nitrogens is 2. The van der Waals surface area contributed by atoms with Gasteiger partial charge in [0.25, 0.3) is 5.91 Å². The van der Waals surface area contributed by atoms with Crippen LogP contribution in [0.25, 0.3) is 11.0 Å². The Morgan fingerprint density at radius 2 is 1.97 bits per heavy atom. The lowest BCUT2D eigenvalue weighted by Gasteiger charge is -2.17. The smallest absolute Gasteiger partial charge is 0.308 e. The number of halogens is 2. The first kappa shape index (κ1) is 25.5. The molecule has 1 unspecified atom stereocenters. The zero-order chi connectivity index (χ0) is 25.1. The monoisotopic (exact) mass is 517 g/mol. The third kappa shape index (κ3) is 5.63. The number of likely N-dealkylation sites (tertiary alicyclic amines) is 1. The van der Waals surface area contributed by atoms with Gasteiger partial charge >= 0.3 is 5.97 Å². The molecule has 1 aromatic carbocycles. The summed E-state index contributed by atoms with van der Waals surface area (Å²) in [6.07, 6.45) is 5.29. The van der Waals surface area contributed by atoms with Crippen LogP contribution in [0.1, 0.15) is 59.8 Å². The molecular weight excluding hydrogens is 489 g/mol. The second kappa shape index (κ2) is 11.0. The van der Waals surface area contributed by atoms with Crippen molar-refractivity contribution in [1.29, 1.82) is 0 Å². The Hall–Kier alpha value is -2.61. The molecule has 3 heterocycles. The minimum atomic E-state index is -0.872. The summed E-state index contributed by atoms with van der Waals surface area (Å²) in [6.45, 7) is 0.625. The number of carboxylic acids is 1. The molecule has 1 amide bonds. The summed E-state index contributed by atoms with van der Waals surface area (Å²) in [4.78, 5) is 31.0. The maximum absolute atomic E-state index is 13.5. The number of pyridine rings is 1. The fourth-order valence-corrected chi connectivity index (χ4v) is 5.21. The molecule has 1 fully saturated rings. The fourth-order valence-electron chi connectivity index (χ4n) is 4.86. The average molecular weight is 518 g/mol. The number of benzene rings is 1. The molecule has 35 heavy (non-hydrogen) atoms. The van der Waals surface area contributed by atoms with Gasteiger partial charge < -0.3 is 19.7 Å². The van der Waals surface area contributed by atoms with E-state index in [2.05, 4.69) is 4.98 Å². The molecular formula is C26H29Cl2N3O4. The predicted octanol–water partition coefficient (Wildman–Crippen LogP) is 5.26. The highest BCUT2D eigenvalue weighted by Gasteiger charge is 2.34. The first-order valence-corrected chi connectivity index (χ1v) is 12.6. The van der Waals surface area contributed by atoms with Crippen molar-refractivity contribution in [3.8, 4) is 0 Å². The Labute approximate surface area is 214 Å². The van der Waals surface area contributed by atoms with E-state index in [-0.39, 0.29) is 12.5 Å². The summed E-state index contributed by atoms with van der Waals surface area (Å²) in [7, 11) is 1.89. The zero-order valence-corrected chi connectivity index (χ0v) is 21.1. The number of carboxylic acid groups (broad SMARTS) is 1. The number of nitrogens with zero attached hydrogens (tertiary/aromatic N) is 3. The number of aryl methyl sites for hydroxylation is 1. The summed E-state index contributed by atoms with van der Waals surface area (Å²) in [5.41, 5.74) is 2.92. The molecule has 0 bridgehead atoms. The van der Waals surface area contributed by atoms with Crippen molar-refractivity contribution >= 4 is 46.1 Å². The molecule has 1 aliphatic heterocycles. The number of hydrogen-bond donors (Lipinski definition) is 2. The standard InChI is InChI=1S/C26H29Cl2N3O4/c1-30-21(8-3-2-4-9-22(32)16-6-5-7-18(27)12-16)23(20-13-19(28)14-29-24(20)30)25(33)31-11-10-17(15-31)26(34)35/h5-7,12-14,17,22,32H,2-4,8-11,15H2,1H3,(H,34,35)/t17-,22?/m0/s1. The summed E-state index contributed by atoms with van der Waals surface area (Å²) >= 11 is 12.2. The molecule has 1 aliphatic rings. The zero-order valence-electron chi connectivity index (χ0n) is 19.6. The second-order valence-corrected chi connectivity index (χ2v) is 10.0. The first-order valence-electron chi connectivity index (χ1n) is 11.8. The Morgan fingerprint density at radius 1 is 1.17 bits per heavy atom. The normalized spacial score (nSPS) is 16.7. The minimum Gasteiger partial charge on any atom is -0.481 e. The molecule has 7 nitrogen and oxygen atoms in total. The molecule has 186 valence electrons. The van der Waals surface area contributed by atoms with Crippen LogP contribution in [-0.4, -0.2) is 49.6 Å². The Morgan fingerprint density at radius 3 is 2.69 bits per heavy atom. The molecule has 9 heteroatoms. The van der Waals surface area contributed by atoms with Crippen molar-refractivity contribution < 1.29 is 19.8 Å². The number of carbonyl (C=O) groups excluding carboxylic acids is 1. The van der Waals surface area contributed by atoms with Crippen LogP contribution in [-0.2, 0) is 18.3 Å². The van der Waals surface area contributed by atoms with Gasteiger partial charge in [-0.3, -0.25) is 9.59 Å². The van der Waals surface area contributed by atoms with E-state index in [1.54, 1.807) is 29.3 Å². The van der Waals surface area contributed by atoms with E-state index in [0.29, 0.717) is 52.4 Å². The van der Waals surface area contributed by atoms with E-state index in [4.69, 9.17) is 23.2 Å². The van der Waals surface area contributed by atoms with Crippen molar-refractivity contribution in [2.24, 2.45) is 13.0 Å². The Balaban J connectivity index is 1.46. The lowest BCUT2D eigenvalue weighted by Crippen LogP contribution is -2.30. The van der Waals surface area contributed by atoms with Gasteiger partial charge in [0.1, 0.15) is 5.65 Å². The van der Waals surface area contributed by atoms with Gasteiger partial charge in [-0.05, 0) is 49.4 Å². The highest BCUT2D eigenvalue weighted by atomic mass is 35.5. The van der Waals surface area contributed by atoms with E-state index < -0.39 is 18.0 Å². The quantitative estimate of drug-likeness (QED) is 0.377. The van der Waals surface area contributed by atoms with Crippen molar-refractivity contribution in [1.82, 2.24) is 14.5 Å². The van der Waals surface area contributed by atoms with E-state index in [1.165, 1.54) is 0 Å². The largest absolute Gasteiger partial charge is 0.481 e. The molecule has 0 spiro atoms. The number of unbranched alkanes of at least 4 members (excludes halogenated alkanes) is 2. The van der Waals surface area contributed by atoms with Crippen molar-refractivity contribution in [3.05, 3.63) is 63.4 Å². The molecule has 3 aromatic rings. The molecule has 0 aliphatic carbocycles. The third-order valence-corrected chi connectivity index (χ3v) is 7.22. The summed E-state index contributed by atoms with van der Waals surface area (Å²) < 4.78 is 1.93. The molecule has 4 rings (SSSR count). The van der Waals surface area contributed by atoms with Gasteiger partial charge in [0.2, 0.25) is 0 Å². The fraction of sp³-hybridized carbons (Fsp3) is 0.423. The van der Waals surface area contributed by atoms with E-state index >= 15 is 0 Å². The van der Waals surface area contributed by atoms with Gasteiger partial charge in [0.15, 0.2) is 0 Å². The van der Waals surface area contributed by atoms with Crippen LogP contribution in [0.5, 0.6) is 0 Å². The van der Waals surface area contributed by atoms with E-state index in [0.717, 1.165) is 30.5 Å². The van der Waals surface area contributed by atoms with Crippen LogP contribution in [0, 0.1) is 5.92 Å². The molecule has 2 aromatic heterocycles. The highest BCUT2D eigenvalue weighted by molar-refractivity contribution is 6.31. The van der Waals surface area contributed by atoms with Gasteiger partial charge in [0, 0.05) is 42.4 Å². The van der Waals surface area contributed by atoms with E-state index in [9.17, 15) is 19.8 Å². The summed E-state index contributed by atoms with van der Waals surface area (Å²) in [6, 6.07) is 9.03. The van der Waals surface area contributed by atoms with Crippen LogP contribution in [0.15, 0.2) is 36.5 Å². The maximum Gasteiger partial charge on any atom is 0.308 e. The average Bonchev–Trinajstić information content (AvgIpc) is 3.42. The number of amides is 1. The maximum atomic E-state index is 13.5. The SMILES string of the molecule is Cn1c(CCCCCC(O)c2cccc(Cl)c2)c(C(=O)N2CC[C@H](C(=O)O)C2)c2cc(Cl)cnc21. The van der Waals surface area contributed by atoms with Gasteiger partial charge in [-0.1, -0.05) is 48.2 Å². The molecule has 0 saturated carbocycles. The molecule has 1 saturated heterocycles. The van der Waals surface area contributed by atoms with E-state index in [1.807, 2.05) is 23.7 Å². The first-order chi connectivity index (χ1) is 16.8. The van der Waals surface area contributed by atoms with Crippen LogP contribution in [0.4, 0.5) is 0 Å². The number of aliphatic hydroxyl groups is 1. The van der Waals surface area contributed by atoms with Crippen molar-refractivity contribution in [2.75, 3.05) is 13.1 Å². The lowest BCUT2D eigenvalue weighted by atomic mass is 10.0. The van der Waals surface area contributed by atoms with Gasteiger partial charge in [-0.15, -0.1) is 0 Å². The van der Waals surface area contributed by atoms with Crippen LogP contribution >= 0.6 is 23.2 Å². The molecule has 0 radical (unpaired) electrons. The van der Waals surface area contributed by atoms with Gasteiger partial charge in [0.05, 0.1) is 22.6 Å². The Bertz CT molecular complexity index is 1240. The van der Waals surface area contributed by atoms with Crippen molar-refractivity contribution in [3.63, 3.8) is 0 Å². The Kier molecular flexibility index (Phi) is 7.99. The lowest BCUT2D eigenvalue weighted by molar-refractivity contribution is -0.141. The van der Waals surface area contributed by atoms with Gasteiger partial charge in [-0.2, -0.15) is 0 Å². The topological polar surface area (TPSA) is 95.7 Å². The number of fused-ring (bicyclic) bond motifs is 1. The predicted molar refractivity (Wildman–Crippen MR) is 136 cm³/mol.